The minimum absolute atomic E-state index is 0.00100. The second-order valence-corrected chi connectivity index (χ2v) is 8.25. The summed E-state index contributed by atoms with van der Waals surface area (Å²) >= 11 is 0. The summed E-state index contributed by atoms with van der Waals surface area (Å²) < 4.78 is 24.9. The first-order valence-corrected chi connectivity index (χ1v) is 9.82. The molecule has 2 heterocycles. The van der Waals surface area contributed by atoms with Crippen LogP contribution in [-0.4, -0.2) is 35.7 Å². The molecule has 126 valence electrons. The Morgan fingerprint density at radius 2 is 2.12 bits per heavy atom. The quantitative estimate of drug-likeness (QED) is 0.862. The maximum atomic E-state index is 11.6. The Kier molecular flexibility index (Phi) is 4.97. The van der Waals surface area contributed by atoms with Crippen LogP contribution < -0.4 is 5.32 Å². The summed E-state index contributed by atoms with van der Waals surface area (Å²) in [4.78, 5) is 0. The molecule has 6 nitrogen and oxygen atoms in total. The molecule has 1 aromatic heterocycles. The zero-order valence-corrected chi connectivity index (χ0v) is 14.2. The van der Waals surface area contributed by atoms with Gasteiger partial charge in [-0.2, -0.15) is 10.4 Å². The standard InChI is InChI=1S/C17H20N4O2S/c18-8-4-9-21-12-15(11-19-16-7-10-24(22,23)13-16)17(20-21)14-5-2-1-3-6-14/h1-3,5-6,12,16,19H,4,7,9-11,13H2. The first kappa shape index (κ1) is 16.7. The van der Waals surface area contributed by atoms with E-state index in [1.807, 2.05) is 36.5 Å². The highest BCUT2D eigenvalue weighted by atomic mass is 32.2. The van der Waals surface area contributed by atoms with Gasteiger partial charge in [-0.25, -0.2) is 8.42 Å². The molecule has 24 heavy (non-hydrogen) atoms. The molecule has 1 atom stereocenters. The maximum absolute atomic E-state index is 11.6. The summed E-state index contributed by atoms with van der Waals surface area (Å²) in [6.45, 7) is 1.12. The molecule has 0 amide bonds. The van der Waals surface area contributed by atoms with Gasteiger partial charge in [-0.3, -0.25) is 4.68 Å². The third-order valence-electron chi connectivity index (χ3n) is 4.15. The van der Waals surface area contributed by atoms with E-state index in [0.717, 1.165) is 16.8 Å². The zero-order chi connectivity index (χ0) is 17.0. The van der Waals surface area contributed by atoms with Crippen LogP contribution in [0.25, 0.3) is 11.3 Å². The van der Waals surface area contributed by atoms with Crippen LogP contribution in [0.1, 0.15) is 18.4 Å². The number of aryl methyl sites for hydroxylation is 1. The summed E-state index contributed by atoms with van der Waals surface area (Å²) in [6.07, 6.45) is 3.01. The average molecular weight is 344 g/mol. The van der Waals surface area contributed by atoms with Crippen molar-refractivity contribution < 1.29 is 8.42 Å². The molecule has 1 N–H and O–H groups in total. The number of rotatable bonds is 6. The Morgan fingerprint density at radius 3 is 2.79 bits per heavy atom. The molecule has 0 aliphatic carbocycles. The smallest absolute Gasteiger partial charge is 0.151 e. The highest BCUT2D eigenvalue weighted by Gasteiger charge is 2.27. The number of benzene rings is 1. The molecule has 1 aliphatic heterocycles. The molecule has 3 rings (SSSR count). The normalized spacial score (nSPS) is 19.2. The van der Waals surface area contributed by atoms with Gasteiger partial charge in [-0.15, -0.1) is 0 Å². The molecular formula is C17H20N4O2S. The third kappa shape index (κ3) is 4.02. The molecule has 1 aromatic carbocycles. The minimum atomic E-state index is -2.89. The second kappa shape index (κ2) is 7.16. The van der Waals surface area contributed by atoms with Crippen molar-refractivity contribution in [3.63, 3.8) is 0 Å². The van der Waals surface area contributed by atoms with Gasteiger partial charge >= 0.3 is 0 Å². The molecule has 1 fully saturated rings. The van der Waals surface area contributed by atoms with E-state index in [9.17, 15) is 8.42 Å². The fourth-order valence-corrected chi connectivity index (χ4v) is 4.63. The third-order valence-corrected chi connectivity index (χ3v) is 5.92. The lowest BCUT2D eigenvalue weighted by molar-refractivity contribution is 0.553. The van der Waals surface area contributed by atoms with Crippen molar-refractivity contribution >= 4 is 9.84 Å². The summed E-state index contributed by atoms with van der Waals surface area (Å²) in [5.41, 5.74) is 2.91. The van der Waals surface area contributed by atoms with E-state index in [4.69, 9.17) is 5.26 Å². The highest BCUT2D eigenvalue weighted by Crippen LogP contribution is 2.22. The van der Waals surface area contributed by atoms with E-state index in [1.165, 1.54) is 0 Å². The molecule has 1 aliphatic rings. The predicted molar refractivity (Wildman–Crippen MR) is 91.8 cm³/mol. The number of hydrogen-bond acceptors (Lipinski definition) is 5. The molecule has 1 saturated heterocycles. The second-order valence-electron chi connectivity index (χ2n) is 6.02. The summed E-state index contributed by atoms with van der Waals surface area (Å²) in [5, 5.41) is 16.7. The van der Waals surface area contributed by atoms with Crippen molar-refractivity contribution in [3.05, 3.63) is 42.1 Å². The Bertz CT molecular complexity index is 837. The van der Waals surface area contributed by atoms with Gasteiger partial charge in [0.05, 0.1) is 36.2 Å². The van der Waals surface area contributed by atoms with E-state index in [1.54, 1.807) is 4.68 Å². The Balaban J connectivity index is 1.78. The highest BCUT2D eigenvalue weighted by molar-refractivity contribution is 7.91. The van der Waals surface area contributed by atoms with Crippen LogP contribution in [0, 0.1) is 11.3 Å². The summed E-state index contributed by atoms with van der Waals surface area (Å²) in [6, 6.07) is 12.0. The van der Waals surface area contributed by atoms with Gasteiger partial charge in [0.15, 0.2) is 9.84 Å². The first-order valence-electron chi connectivity index (χ1n) is 8.00. The molecular weight excluding hydrogens is 324 g/mol. The van der Waals surface area contributed by atoms with E-state index < -0.39 is 9.84 Å². The maximum Gasteiger partial charge on any atom is 0.151 e. The van der Waals surface area contributed by atoms with Crippen LogP contribution in [-0.2, 0) is 22.9 Å². The minimum Gasteiger partial charge on any atom is -0.309 e. The Morgan fingerprint density at radius 1 is 1.33 bits per heavy atom. The van der Waals surface area contributed by atoms with Crippen molar-refractivity contribution in [3.8, 4) is 17.3 Å². The predicted octanol–water partition coefficient (Wildman–Crippen LogP) is 1.74. The molecule has 0 saturated carbocycles. The summed E-state index contributed by atoms with van der Waals surface area (Å²) in [7, 11) is -2.89. The fraction of sp³-hybridized carbons (Fsp3) is 0.412. The SMILES string of the molecule is N#CCCn1cc(CNC2CCS(=O)(=O)C2)c(-c2ccccc2)n1. The molecule has 7 heteroatoms. The van der Waals surface area contributed by atoms with Crippen LogP contribution in [0.4, 0.5) is 0 Å². The largest absolute Gasteiger partial charge is 0.309 e. The van der Waals surface area contributed by atoms with Crippen LogP contribution in [0.5, 0.6) is 0 Å². The van der Waals surface area contributed by atoms with Gasteiger partial charge in [0, 0.05) is 29.9 Å². The van der Waals surface area contributed by atoms with Crippen molar-refractivity contribution in [2.45, 2.75) is 32.0 Å². The monoisotopic (exact) mass is 344 g/mol. The first-order chi connectivity index (χ1) is 11.6. The van der Waals surface area contributed by atoms with Crippen LogP contribution in [0.2, 0.25) is 0 Å². The van der Waals surface area contributed by atoms with E-state index >= 15 is 0 Å². The van der Waals surface area contributed by atoms with Crippen molar-refractivity contribution in [2.75, 3.05) is 11.5 Å². The Labute approximate surface area is 142 Å². The average Bonchev–Trinajstić information content (AvgIpc) is 3.14. The van der Waals surface area contributed by atoms with E-state index in [-0.39, 0.29) is 17.5 Å². The Hall–Kier alpha value is -2.17. The lowest BCUT2D eigenvalue weighted by Gasteiger charge is -2.10. The molecule has 0 bridgehead atoms. The van der Waals surface area contributed by atoms with Crippen molar-refractivity contribution in [1.29, 1.82) is 5.26 Å². The fourth-order valence-electron chi connectivity index (χ4n) is 2.92. The van der Waals surface area contributed by atoms with Gasteiger partial charge in [0.25, 0.3) is 0 Å². The van der Waals surface area contributed by atoms with Crippen LogP contribution in [0.15, 0.2) is 36.5 Å². The van der Waals surface area contributed by atoms with Gasteiger partial charge in [0.1, 0.15) is 0 Å². The topological polar surface area (TPSA) is 87.8 Å². The number of sulfone groups is 1. The molecule has 0 radical (unpaired) electrons. The zero-order valence-electron chi connectivity index (χ0n) is 13.4. The van der Waals surface area contributed by atoms with Crippen molar-refractivity contribution in [1.82, 2.24) is 15.1 Å². The molecule has 0 spiro atoms. The number of hydrogen-bond donors (Lipinski definition) is 1. The van der Waals surface area contributed by atoms with Gasteiger partial charge in [-0.1, -0.05) is 30.3 Å². The lowest BCUT2D eigenvalue weighted by atomic mass is 10.1. The van der Waals surface area contributed by atoms with E-state index in [2.05, 4.69) is 16.5 Å². The number of nitrogens with zero attached hydrogens (tertiary/aromatic N) is 3. The number of nitriles is 1. The summed E-state index contributed by atoms with van der Waals surface area (Å²) in [5.74, 6) is 0.466. The van der Waals surface area contributed by atoms with Gasteiger partial charge < -0.3 is 5.32 Å². The lowest BCUT2D eigenvalue weighted by Crippen LogP contribution is -2.29. The van der Waals surface area contributed by atoms with Gasteiger partial charge in [0.2, 0.25) is 0 Å². The van der Waals surface area contributed by atoms with Crippen LogP contribution in [0.3, 0.4) is 0 Å². The number of aromatic nitrogens is 2. The van der Waals surface area contributed by atoms with E-state index in [0.29, 0.717) is 25.9 Å². The van der Waals surface area contributed by atoms with Crippen molar-refractivity contribution in [2.24, 2.45) is 0 Å². The molecule has 1 unspecified atom stereocenters. The number of nitrogens with one attached hydrogen (secondary N) is 1. The van der Waals surface area contributed by atoms with Gasteiger partial charge in [-0.05, 0) is 6.42 Å². The van der Waals surface area contributed by atoms with Crippen LogP contribution >= 0.6 is 0 Å². The molecule has 2 aromatic rings.